The lowest BCUT2D eigenvalue weighted by Crippen LogP contribution is -2.32. The van der Waals surface area contributed by atoms with Crippen molar-refractivity contribution in [3.05, 3.63) is 24.3 Å². The van der Waals surface area contributed by atoms with E-state index >= 15 is 0 Å². The van der Waals surface area contributed by atoms with Crippen LogP contribution in [-0.4, -0.2) is 26.4 Å². The van der Waals surface area contributed by atoms with Gasteiger partial charge in [0.05, 0.1) is 7.11 Å². The molecule has 0 bridgehead atoms. The maximum Gasteiger partial charge on any atom is 0.277 e. The van der Waals surface area contributed by atoms with Crippen LogP contribution < -0.4 is 4.74 Å². The molecule has 1 atom stereocenters. The molecule has 0 amide bonds. The van der Waals surface area contributed by atoms with Crippen molar-refractivity contribution in [3.8, 4) is 5.75 Å². The van der Waals surface area contributed by atoms with Gasteiger partial charge in [0, 0.05) is 7.11 Å². The lowest BCUT2D eigenvalue weighted by Gasteiger charge is -2.23. The maximum atomic E-state index is 5.51. The van der Waals surface area contributed by atoms with Crippen LogP contribution in [0.15, 0.2) is 29.3 Å². The molecule has 1 heterocycles. The summed E-state index contributed by atoms with van der Waals surface area (Å²) >= 11 is 0. The Hall–Kier alpha value is -1.55. The van der Waals surface area contributed by atoms with E-state index < -0.39 is 6.29 Å². The fourth-order valence-corrected chi connectivity index (χ4v) is 1.28. The molecule has 1 aliphatic rings. The highest BCUT2D eigenvalue weighted by atomic mass is 16.7. The summed E-state index contributed by atoms with van der Waals surface area (Å²) < 4.78 is 15.6. The van der Waals surface area contributed by atoms with Gasteiger partial charge in [0.2, 0.25) is 0 Å². The van der Waals surface area contributed by atoms with E-state index in [4.69, 9.17) is 14.2 Å². The minimum absolute atomic E-state index is 0.436. The lowest BCUT2D eigenvalue weighted by molar-refractivity contribution is -0.0168. The third kappa shape index (κ3) is 1.44. The number of rotatable bonds is 1. The Kier molecular flexibility index (Phi) is 2.37. The molecule has 14 heavy (non-hydrogen) atoms. The highest BCUT2D eigenvalue weighted by Gasteiger charge is 2.24. The van der Waals surface area contributed by atoms with E-state index in [0.717, 1.165) is 5.69 Å². The molecule has 0 saturated carbocycles. The molecule has 1 unspecified atom stereocenters. The minimum atomic E-state index is -0.546. The van der Waals surface area contributed by atoms with E-state index in [0.29, 0.717) is 11.6 Å². The predicted molar refractivity (Wildman–Crippen MR) is 52.0 cm³/mol. The number of para-hydroxylation sites is 2. The Morgan fingerprint density at radius 3 is 2.79 bits per heavy atom. The number of fused-ring (bicyclic) bond motifs is 1. The smallest absolute Gasteiger partial charge is 0.277 e. The second-order valence-electron chi connectivity index (χ2n) is 2.81. The van der Waals surface area contributed by atoms with Crippen molar-refractivity contribution < 1.29 is 14.2 Å². The van der Waals surface area contributed by atoms with Crippen molar-refractivity contribution >= 4 is 11.6 Å². The van der Waals surface area contributed by atoms with Crippen LogP contribution in [0.25, 0.3) is 0 Å². The summed E-state index contributed by atoms with van der Waals surface area (Å²) in [5.41, 5.74) is 0.762. The monoisotopic (exact) mass is 193 g/mol. The Morgan fingerprint density at radius 2 is 2.07 bits per heavy atom. The fraction of sp³-hybridized carbons (Fsp3) is 0.300. The van der Waals surface area contributed by atoms with Gasteiger partial charge in [-0.1, -0.05) is 12.1 Å². The maximum absolute atomic E-state index is 5.51. The zero-order valence-electron chi connectivity index (χ0n) is 8.06. The molecule has 2 rings (SSSR count). The Bertz CT molecular complexity index is 362. The number of methoxy groups -OCH3 is 2. The van der Waals surface area contributed by atoms with Gasteiger partial charge in [-0.25, -0.2) is 4.99 Å². The van der Waals surface area contributed by atoms with Crippen LogP contribution in [-0.2, 0) is 9.47 Å². The summed E-state index contributed by atoms with van der Waals surface area (Å²) in [6.45, 7) is 0. The molecule has 0 aromatic heterocycles. The van der Waals surface area contributed by atoms with E-state index in [1.54, 1.807) is 14.2 Å². The second-order valence-corrected chi connectivity index (χ2v) is 2.81. The van der Waals surface area contributed by atoms with Gasteiger partial charge < -0.3 is 14.2 Å². The molecular formula is C10H11NO3. The molecule has 0 radical (unpaired) electrons. The van der Waals surface area contributed by atoms with Crippen LogP contribution in [0.1, 0.15) is 0 Å². The highest BCUT2D eigenvalue weighted by Crippen LogP contribution is 2.32. The largest absolute Gasteiger partial charge is 0.480 e. The average Bonchev–Trinajstić information content (AvgIpc) is 2.27. The number of ether oxygens (including phenoxy) is 3. The summed E-state index contributed by atoms with van der Waals surface area (Å²) in [6.07, 6.45) is -0.546. The van der Waals surface area contributed by atoms with Gasteiger partial charge >= 0.3 is 0 Å². The molecule has 0 spiro atoms. The average molecular weight is 193 g/mol. The van der Waals surface area contributed by atoms with E-state index in [-0.39, 0.29) is 0 Å². The van der Waals surface area contributed by atoms with Crippen molar-refractivity contribution in [2.45, 2.75) is 6.29 Å². The lowest BCUT2D eigenvalue weighted by atomic mass is 10.3. The van der Waals surface area contributed by atoms with Gasteiger partial charge in [-0.2, -0.15) is 0 Å². The molecular weight excluding hydrogens is 182 g/mol. The first-order valence-corrected chi connectivity index (χ1v) is 4.26. The van der Waals surface area contributed by atoms with Crippen LogP contribution in [0.2, 0.25) is 0 Å². The third-order valence-corrected chi connectivity index (χ3v) is 1.95. The SMILES string of the molecule is COC1=Nc2ccccc2OC1OC. The molecule has 4 heteroatoms. The van der Waals surface area contributed by atoms with E-state index in [9.17, 15) is 0 Å². The van der Waals surface area contributed by atoms with Gasteiger partial charge in [-0.3, -0.25) is 0 Å². The topological polar surface area (TPSA) is 40.0 Å². The molecule has 74 valence electrons. The van der Waals surface area contributed by atoms with Crippen LogP contribution >= 0.6 is 0 Å². The van der Waals surface area contributed by atoms with Crippen molar-refractivity contribution in [1.82, 2.24) is 0 Å². The molecule has 0 N–H and O–H groups in total. The van der Waals surface area contributed by atoms with Crippen LogP contribution in [0.4, 0.5) is 5.69 Å². The molecule has 1 aromatic carbocycles. The molecule has 1 aromatic rings. The number of benzene rings is 1. The van der Waals surface area contributed by atoms with Gasteiger partial charge in [0.25, 0.3) is 12.2 Å². The Morgan fingerprint density at radius 1 is 1.29 bits per heavy atom. The molecule has 4 nitrogen and oxygen atoms in total. The van der Waals surface area contributed by atoms with Crippen LogP contribution in [0.5, 0.6) is 5.75 Å². The van der Waals surface area contributed by atoms with E-state index in [1.807, 2.05) is 24.3 Å². The number of nitrogens with zero attached hydrogens (tertiary/aromatic N) is 1. The fourth-order valence-electron chi connectivity index (χ4n) is 1.28. The van der Waals surface area contributed by atoms with Crippen molar-refractivity contribution in [2.75, 3.05) is 14.2 Å². The summed E-state index contributed by atoms with van der Waals surface area (Å²) in [4.78, 5) is 4.26. The van der Waals surface area contributed by atoms with Crippen molar-refractivity contribution in [1.29, 1.82) is 0 Å². The summed E-state index contributed by atoms with van der Waals surface area (Å²) in [6, 6.07) is 7.49. The van der Waals surface area contributed by atoms with Crippen molar-refractivity contribution in [2.24, 2.45) is 4.99 Å². The number of hydrogen-bond donors (Lipinski definition) is 0. The minimum Gasteiger partial charge on any atom is -0.480 e. The first-order valence-electron chi connectivity index (χ1n) is 4.26. The summed E-state index contributed by atoms with van der Waals surface area (Å²) in [7, 11) is 3.09. The Labute approximate surface area is 82.1 Å². The molecule has 0 fully saturated rings. The summed E-state index contributed by atoms with van der Waals surface area (Å²) in [5.74, 6) is 1.14. The van der Waals surface area contributed by atoms with Gasteiger partial charge in [0.15, 0.2) is 0 Å². The van der Waals surface area contributed by atoms with Crippen LogP contribution in [0, 0.1) is 0 Å². The third-order valence-electron chi connectivity index (χ3n) is 1.95. The zero-order valence-corrected chi connectivity index (χ0v) is 8.06. The van der Waals surface area contributed by atoms with Crippen molar-refractivity contribution in [3.63, 3.8) is 0 Å². The highest BCUT2D eigenvalue weighted by molar-refractivity contribution is 5.85. The van der Waals surface area contributed by atoms with Crippen LogP contribution in [0.3, 0.4) is 0 Å². The first kappa shape index (κ1) is 9.02. The summed E-state index contributed by atoms with van der Waals surface area (Å²) in [5, 5.41) is 0. The normalized spacial score (nSPS) is 19.3. The predicted octanol–water partition coefficient (Wildman–Crippen LogP) is 1.73. The van der Waals surface area contributed by atoms with E-state index in [1.165, 1.54) is 0 Å². The quantitative estimate of drug-likeness (QED) is 0.681. The standard InChI is InChI=1S/C10H11NO3/c1-12-9-10(13-2)14-8-6-4-3-5-7(8)11-9/h3-6,10H,1-2H3. The Balaban J connectivity index is 2.39. The van der Waals surface area contributed by atoms with E-state index in [2.05, 4.69) is 4.99 Å². The molecule has 0 saturated heterocycles. The number of aliphatic imine (C=N–C) groups is 1. The van der Waals surface area contributed by atoms with Gasteiger partial charge in [0.1, 0.15) is 11.4 Å². The number of hydrogen-bond acceptors (Lipinski definition) is 4. The first-order chi connectivity index (χ1) is 6.85. The molecule has 1 aliphatic heterocycles. The van der Waals surface area contributed by atoms with Gasteiger partial charge in [-0.15, -0.1) is 0 Å². The molecule has 0 aliphatic carbocycles. The second kappa shape index (κ2) is 3.67. The zero-order chi connectivity index (χ0) is 9.97. The van der Waals surface area contributed by atoms with Gasteiger partial charge in [-0.05, 0) is 12.1 Å².